The minimum atomic E-state index is -1.78. The predicted molar refractivity (Wildman–Crippen MR) is 126 cm³/mol. The van der Waals surface area contributed by atoms with Crippen molar-refractivity contribution in [2.24, 2.45) is 5.41 Å². The molecular formula is C24H28Cl2FN3O3. The molecule has 2 heterocycles. The number of hydrogen-bond donors (Lipinski definition) is 4. The second kappa shape index (κ2) is 8.38. The van der Waals surface area contributed by atoms with Gasteiger partial charge >= 0.3 is 5.97 Å². The summed E-state index contributed by atoms with van der Waals surface area (Å²) < 4.78 is 15.3. The van der Waals surface area contributed by atoms with Gasteiger partial charge in [-0.25, -0.2) is 9.37 Å². The van der Waals surface area contributed by atoms with E-state index in [1.54, 1.807) is 25.2 Å². The lowest BCUT2D eigenvalue weighted by Gasteiger charge is -2.50. The summed E-state index contributed by atoms with van der Waals surface area (Å²) in [6, 6.07) is 5.17. The van der Waals surface area contributed by atoms with Crippen molar-refractivity contribution in [2.45, 2.75) is 62.6 Å². The molecule has 2 aromatic rings. The van der Waals surface area contributed by atoms with Crippen LogP contribution in [-0.4, -0.2) is 39.8 Å². The number of aliphatic carboxylic acids is 1. The lowest BCUT2D eigenvalue weighted by molar-refractivity contribution is -0.140. The summed E-state index contributed by atoms with van der Waals surface area (Å²) in [5.41, 5.74) is -1.72. The van der Waals surface area contributed by atoms with Gasteiger partial charge in [-0.2, -0.15) is 0 Å². The molecule has 0 unspecified atom stereocenters. The quantitative estimate of drug-likeness (QED) is 0.449. The molecule has 0 radical (unpaired) electrons. The number of halogens is 3. The molecule has 1 aromatic carbocycles. The van der Waals surface area contributed by atoms with Gasteiger partial charge in [0.05, 0.1) is 5.54 Å². The Balaban J connectivity index is 2.02. The number of rotatable bonds is 4. The molecule has 1 saturated carbocycles. The number of nitrogens with zero attached hydrogens (tertiary/aromatic N) is 1. The number of aliphatic hydroxyl groups is 1. The summed E-state index contributed by atoms with van der Waals surface area (Å²) in [6.07, 6.45) is 3.90. The molecule has 1 aliphatic carbocycles. The highest BCUT2D eigenvalue weighted by molar-refractivity contribution is 6.31. The number of nitrogens with one attached hydrogen (secondary N) is 2. The second-order valence-electron chi connectivity index (χ2n) is 9.90. The van der Waals surface area contributed by atoms with Crippen LogP contribution in [0.15, 0.2) is 30.5 Å². The highest BCUT2D eigenvalue weighted by atomic mass is 35.5. The van der Waals surface area contributed by atoms with Gasteiger partial charge in [0.25, 0.3) is 0 Å². The van der Waals surface area contributed by atoms with Crippen LogP contribution in [-0.2, 0) is 10.4 Å². The highest BCUT2D eigenvalue weighted by Crippen LogP contribution is 2.60. The Morgan fingerprint density at radius 1 is 1.21 bits per heavy atom. The van der Waals surface area contributed by atoms with Crippen LogP contribution < -0.4 is 10.6 Å². The van der Waals surface area contributed by atoms with Gasteiger partial charge in [0.1, 0.15) is 11.6 Å². The fourth-order valence-corrected chi connectivity index (χ4v) is 6.01. The SMILES string of the molecule is CNc1cc(Cl)ccc1[C@]1(O)[C@@H](c2ccnc(Cl)c2F)[C@H](C(=O)O)NC12CCC(C)(C)CC2. The van der Waals surface area contributed by atoms with Crippen molar-refractivity contribution in [3.63, 3.8) is 0 Å². The van der Waals surface area contributed by atoms with Crippen LogP contribution in [0.3, 0.4) is 0 Å². The topological polar surface area (TPSA) is 94.5 Å². The third-order valence-corrected chi connectivity index (χ3v) is 8.04. The zero-order chi connectivity index (χ0) is 24.2. The zero-order valence-electron chi connectivity index (χ0n) is 18.8. The minimum absolute atomic E-state index is 0.0103. The summed E-state index contributed by atoms with van der Waals surface area (Å²) in [7, 11) is 1.70. The molecule has 4 N–H and O–H groups in total. The third kappa shape index (κ3) is 3.79. The van der Waals surface area contributed by atoms with Crippen LogP contribution in [0.1, 0.15) is 56.6 Å². The molecule has 2 aliphatic rings. The van der Waals surface area contributed by atoms with Gasteiger partial charge in [0, 0.05) is 41.0 Å². The smallest absolute Gasteiger partial charge is 0.321 e. The van der Waals surface area contributed by atoms with E-state index in [9.17, 15) is 15.0 Å². The van der Waals surface area contributed by atoms with Crippen molar-refractivity contribution in [2.75, 3.05) is 12.4 Å². The van der Waals surface area contributed by atoms with Crippen LogP contribution >= 0.6 is 23.2 Å². The molecule has 33 heavy (non-hydrogen) atoms. The molecule has 6 nitrogen and oxygen atoms in total. The molecule has 9 heteroatoms. The van der Waals surface area contributed by atoms with E-state index in [2.05, 4.69) is 29.5 Å². The van der Waals surface area contributed by atoms with Crippen molar-refractivity contribution in [1.29, 1.82) is 0 Å². The third-order valence-electron chi connectivity index (χ3n) is 7.54. The van der Waals surface area contributed by atoms with Gasteiger partial charge < -0.3 is 15.5 Å². The van der Waals surface area contributed by atoms with E-state index in [1.807, 2.05) is 0 Å². The monoisotopic (exact) mass is 495 g/mol. The molecule has 0 amide bonds. The number of aromatic nitrogens is 1. The largest absolute Gasteiger partial charge is 0.480 e. The molecular weight excluding hydrogens is 468 g/mol. The number of anilines is 1. The van der Waals surface area contributed by atoms with Crippen molar-refractivity contribution in [1.82, 2.24) is 10.3 Å². The number of hydrogen-bond acceptors (Lipinski definition) is 5. The number of benzene rings is 1. The van der Waals surface area contributed by atoms with Crippen molar-refractivity contribution < 1.29 is 19.4 Å². The van der Waals surface area contributed by atoms with Gasteiger partial charge in [-0.05, 0) is 49.3 Å². The first-order chi connectivity index (χ1) is 15.5. The van der Waals surface area contributed by atoms with Crippen LogP contribution in [0.25, 0.3) is 0 Å². The zero-order valence-corrected chi connectivity index (χ0v) is 20.3. The van der Waals surface area contributed by atoms with Crippen LogP contribution in [0.2, 0.25) is 10.2 Å². The van der Waals surface area contributed by atoms with Crippen LogP contribution in [0.5, 0.6) is 0 Å². The summed E-state index contributed by atoms with van der Waals surface area (Å²) in [5.74, 6) is -3.17. The first-order valence-corrected chi connectivity index (χ1v) is 11.7. The molecule has 1 aromatic heterocycles. The standard InChI is InChI=1S/C24H28Cl2FN3O3/c1-22(2)7-9-23(10-8-22)24(33,15-5-4-13(25)12-16(15)28-3)17(19(30-23)21(31)32)14-6-11-29-20(26)18(14)27/h4-6,11-12,17,19,28,30,33H,7-10H2,1-3H3,(H,31,32)/t17-,19+,24-/m0/s1. The molecule has 3 atom stereocenters. The Morgan fingerprint density at radius 2 is 1.88 bits per heavy atom. The van der Waals surface area contributed by atoms with Crippen LogP contribution in [0, 0.1) is 11.2 Å². The molecule has 178 valence electrons. The summed E-state index contributed by atoms with van der Waals surface area (Å²) in [4.78, 5) is 16.3. The van der Waals surface area contributed by atoms with Gasteiger partial charge in [-0.3, -0.25) is 10.1 Å². The van der Waals surface area contributed by atoms with Crippen LogP contribution in [0.4, 0.5) is 10.1 Å². The van der Waals surface area contributed by atoms with Crippen molar-refractivity contribution >= 4 is 34.9 Å². The van der Waals surface area contributed by atoms with E-state index >= 15 is 4.39 Å². The van der Waals surface area contributed by atoms with E-state index < -0.39 is 34.9 Å². The molecule has 0 bridgehead atoms. The van der Waals surface area contributed by atoms with E-state index in [0.29, 0.717) is 29.1 Å². The minimum Gasteiger partial charge on any atom is -0.480 e. The fraction of sp³-hybridized carbons (Fsp3) is 0.500. The predicted octanol–water partition coefficient (Wildman–Crippen LogP) is 4.94. The van der Waals surface area contributed by atoms with Gasteiger partial charge in [0.2, 0.25) is 0 Å². The Labute approximate surface area is 202 Å². The van der Waals surface area contributed by atoms with Gasteiger partial charge in [-0.1, -0.05) is 43.1 Å². The van der Waals surface area contributed by atoms with E-state index in [1.165, 1.54) is 12.3 Å². The molecule has 1 saturated heterocycles. The number of carbonyl (C=O) groups is 1. The van der Waals surface area contributed by atoms with E-state index in [0.717, 1.165) is 12.8 Å². The maximum atomic E-state index is 15.3. The van der Waals surface area contributed by atoms with Crippen molar-refractivity contribution in [3.8, 4) is 0 Å². The summed E-state index contributed by atoms with van der Waals surface area (Å²) >= 11 is 12.2. The van der Waals surface area contributed by atoms with Gasteiger partial charge in [0.15, 0.2) is 11.0 Å². The fourth-order valence-electron chi connectivity index (χ4n) is 5.67. The summed E-state index contributed by atoms with van der Waals surface area (Å²) in [6.45, 7) is 4.31. The lowest BCUT2D eigenvalue weighted by Crippen LogP contribution is -2.59. The first kappa shape index (κ1) is 24.2. The Bertz CT molecular complexity index is 1090. The average Bonchev–Trinajstić information content (AvgIpc) is 3.02. The lowest BCUT2D eigenvalue weighted by atomic mass is 9.59. The van der Waals surface area contributed by atoms with E-state index in [4.69, 9.17) is 23.2 Å². The number of carboxylic acid groups (broad SMARTS) is 1. The second-order valence-corrected chi connectivity index (χ2v) is 10.7. The Morgan fingerprint density at radius 3 is 2.48 bits per heavy atom. The highest BCUT2D eigenvalue weighted by Gasteiger charge is 2.67. The van der Waals surface area contributed by atoms with Gasteiger partial charge in [-0.15, -0.1) is 0 Å². The number of carboxylic acids is 1. The molecule has 4 rings (SSSR count). The molecule has 2 fully saturated rings. The molecule has 1 spiro atoms. The maximum Gasteiger partial charge on any atom is 0.321 e. The molecule has 1 aliphatic heterocycles. The Kier molecular flexibility index (Phi) is 6.15. The average molecular weight is 496 g/mol. The maximum absolute atomic E-state index is 15.3. The normalized spacial score (nSPS) is 28.1. The number of pyridine rings is 1. The summed E-state index contributed by atoms with van der Waals surface area (Å²) in [5, 5.41) is 29.3. The Hall–Kier alpha value is -1.93. The van der Waals surface area contributed by atoms with E-state index in [-0.39, 0.29) is 16.1 Å². The van der Waals surface area contributed by atoms with Crippen molar-refractivity contribution in [3.05, 3.63) is 57.6 Å². The first-order valence-electron chi connectivity index (χ1n) is 11.0.